The summed E-state index contributed by atoms with van der Waals surface area (Å²) in [6.45, 7) is 11.5. The molecule has 0 radical (unpaired) electrons. The van der Waals surface area contributed by atoms with Crippen molar-refractivity contribution in [3.63, 3.8) is 0 Å². The Labute approximate surface area is 111 Å². The van der Waals surface area contributed by atoms with Gasteiger partial charge in [-0.1, -0.05) is 20.8 Å². The van der Waals surface area contributed by atoms with Crippen LogP contribution in [-0.2, 0) is 0 Å². The molecule has 0 aliphatic rings. The van der Waals surface area contributed by atoms with Crippen LogP contribution in [0.25, 0.3) is 0 Å². The molecule has 0 aliphatic heterocycles. The molecule has 102 valence electrons. The molecule has 2 N–H and O–H groups in total. The first kappa shape index (κ1) is 14.7. The second-order valence-corrected chi connectivity index (χ2v) is 4.68. The average Bonchev–Trinajstić information content (AvgIpc) is 2.36. The summed E-state index contributed by atoms with van der Waals surface area (Å²) in [7, 11) is 0. The number of nitrogens with one attached hydrogen (secondary N) is 2. The molecule has 0 saturated heterocycles. The molecule has 0 saturated carbocycles. The lowest BCUT2D eigenvalue weighted by molar-refractivity contribution is 0.419. The average molecular weight is 250 g/mol. The summed E-state index contributed by atoms with van der Waals surface area (Å²) in [6.07, 6.45) is 3.29. The van der Waals surface area contributed by atoms with Crippen LogP contribution in [0.5, 0.6) is 0 Å². The predicted molar refractivity (Wildman–Crippen MR) is 78.2 cm³/mol. The molecular weight excluding hydrogens is 224 g/mol. The summed E-state index contributed by atoms with van der Waals surface area (Å²) in [6, 6.07) is 1.99. The smallest absolute Gasteiger partial charge is 0.132 e. The molecule has 4 heteroatoms. The Morgan fingerprint density at radius 2 is 1.56 bits per heavy atom. The van der Waals surface area contributed by atoms with Crippen molar-refractivity contribution in [2.45, 2.75) is 59.4 Å². The van der Waals surface area contributed by atoms with Crippen molar-refractivity contribution < 1.29 is 0 Å². The van der Waals surface area contributed by atoms with Gasteiger partial charge in [0.2, 0.25) is 0 Å². The third-order valence-electron chi connectivity index (χ3n) is 3.62. The molecule has 0 unspecified atom stereocenters. The van der Waals surface area contributed by atoms with E-state index in [-0.39, 0.29) is 5.54 Å². The van der Waals surface area contributed by atoms with E-state index in [2.05, 4.69) is 48.3 Å². The van der Waals surface area contributed by atoms with Gasteiger partial charge in [-0.3, -0.25) is 0 Å². The highest BCUT2D eigenvalue weighted by atomic mass is 15.1. The van der Waals surface area contributed by atoms with Crippen molar-refractivity contribution in [1.29, 1.82) is 0 Å². The van der Waals surface area contributed by atoms with Crippen molar-refractivity contribution in [3.8, 4) is 0 Å². The van der Waals surface area contributed by atoms with E-state index in [1.165, 1.54) is 0 Å². The summed E-state index contributed by atoms with van der Waals surface area (Å²) in [4.78, 5) is 8.85. The van der Waals surface area contributed by atoms with Gasteiger partial charge in [-0.2, -0.15) is 0 Å². The van der Waals surface area contributed by atoms with E-state index in [1.807, 2.05) is 13.0 Å². The van der Waals surface area contributed by atoms with Gasteiger partial charge < -0.3 is 10.6 Å². The minimum Gasteiger partial charge on any atom is -0.370 e. The zero-order valence-electron chi connectivity index (χ0n) is 12.3. The van der Waals surface area contributed by atoms with Gasteiger partial charge in [0.1, 0.15) is 17.5 Å². The van der Waals surface area contributed by atoms with Crippen molar-refractivity contribution in [2.24, 2.45) is 0 Å². The third kappa shape index (κ3) is 3.59. The first-order chi connectivity index (χ1) is 8.59. The van der Waals surface area contributed by atoms with E-state index in [0.29, 0.717) is 0 Å². The summed E-state index contributed by atoms with van der Waals surface area (Å²) < 4.78 is 0. The Hall–Kier alpha value is -1.32. The van der Waals surface area contributed by atoms with E-state index < -0.39 is 0 Å². The largest absolute Gasteiger partial charge is 0.370 e. The van der Waals surface area contributed by atoms with Crippen LogP contribution in [0.4, 0.5) is 11.6 Å². The monoisotopic (exact) mass is 250 g/mol. The second kappa shape index (κ2) is 6.57. The van der Waals surface area contributed by atoms with Gasteiger partial charge in [-0.15, -0.1) is 0 Å². The van der Waals surface area contributed by atoms with E-state index in [4.69, 9.17) is 0 Å². The minimum absolute atomic E-state index is 0.143. The lowest BCUT2D eigenvalue weighted by Gasteiger charge is -2.32. The first-order valence-electron chi connectivity index (χ1n) is 6.96. The molecule has 0 aliphatic carbocycles. The number of rotatable bonds is 7. The molecule has 4 nitrogen and oxygen atoms in total. The van der Waals surface area contributed by atoms with Crippen LogP contribution in [0.1, 0.15) is 52.8 Å². The second-order valence-electron chi connectivity index (χ2n) is 4.68. The quantitative estimate of drug-likeness (QED) is 0.776. The standard InChI is InChI=1S/C14H26N4/c1-6-14(7-2,8-3)18-13-10-12(15-9-4)16-11(5)17-13/h10H,6-9H2,1-5H3,(H2,15,16,17,18). The zero-order chi connectivity index (χ0) is 13.6. The minimum atomic E-state index is 0.143. The van der Waals surface area contributed by atoms with Crippen LogP contribution in [0.3, 0.4) is 0 Å². The molecule has 0 amide bonds. The normalized spacial score (nSPS) is 11.4. The molecule has 18 heavy (non-hydrogen) atoms. The molecule has 0 aromatic carbocycles. The van der Waals surface area contributed by atoms with Crippen LogP contribution in [0, 0.1) is 6.92 Å². The first-order valence-corrected chi connectivity index (χ1v) is 6.96. The van der Waals surface area contributed by atoms with Crippen molar-refractivity contribution in [1.82, 2.24) is 9.97 Å². The highest BCUT2D eigenvalue weighted by Crippen LogP contribution is 2.25. The van der Waals surface area contributed by atoms with Gasteiger partial charge in [-0.25, -0.2) is 9.97 Å². The summed E-state index contributed by atoms with van der Waals surface area (Å²) >= 11 is 0. The number of nitrogens with zero attached hydrogens (tertiary/aromatic N) is 2. The van der Waals surface area contributed by atoms with E-state index in [9.17, 15) is 0 Å². The van der Waals surface area contributed by atoms with Gasteiger partial charge in [0, 0.05) is 18.2 Å². The lowest BCUT2D eigenvalue weighted by atomic mass is 9.90. The molecule has 0 atom stereocenters. The Morgan fingerprint density at radius 1 is 1.00 bits per heavy atom. The van der Waals surface area contributed by atoms with Crippen molar-refractivity contribution in [3.05, 3.63) is 11.9 Å². The number of anilines is 2. The van der Waals surface area contributed by atoms with Crippen LogP contribution in [0.15, 0.2) is 6.07 Å². The number of hydrogen-bond acceptors (Lipinski definition) is 4. The molecule has 1 rings (SSSR count). The van der Waals surface area contributed by atoms with Gasteiger partial charge >= 0.3 is 0 Å². The van der Waals surface area contributed by atoms with Gasteiger partial charge in [0.25, 0.3) is 0 Å². The van der Waals surface area contributed by atoms with Gasteiger partial charge in [0.05, 0.1) is 0 Å². The maximum atomic E-state index is 4.48. The van der Waals surface area contributed by atoms with Crippen LogP contribution < -0.4 is 10.6 Å². The van der Waals surface area contributed by atoms with E-state index >= 15 is 0 Å². The summed E-state index contributed by atoms with van der Waals surface area (Å²) in [5.41, 5.74) is 0.143. The Morgan fingerprint density at radius 3 is 2.06 bits per heavy atom. The van der Waals surface area contributed by atoms with E-state index in [0.717, 1.165) is 43.3 Å². The SMILES string of the molecule is CCNc1cc(NC(CC)(CC)CC)nc(C)n1. The Balaban J connectivity index is 2.95. The van der Waals surface area contributed by atoms with Crippen molar-refractivity contribution in [2.75, 3.05) is 17.2 Å². The fourth-order valence-electron chi connectivity index (χ4n) is 2.19. The highest BCUT2D eigenvalue weighted by molar-refractivity contribution is 5.48. The molecule has 1 heterocycles. The number of aryl methyl sites for hydroxylation is 1. The maximum absolute atomic E-state index is 4.48. The van der Waals surface area contributed by atoms with E-state index in [1.54, 1.807) is 0 Å². The highest BCUT2D eigenvalue weighted by Gasteiger charge is 2.24. The number of aromatic nitrogens is 2. The molecule has 0 fully saturated rings. The number of hydrogen-bond donors (Lipinski definition) is 2. The zero-order valence-corrected chi connectivity index (χ0v) is 12.3. The van der Waals surface area contributed by atoms with Gasteiger partial charge in [0.15, 0.2) is 0 Å². The van der Waals surface area contributed by atoms with Gasteiger partial charge in [-0.05, 0) is 33.1 Å². The van der Waals surface area contributed by atoms with Crippen LogP contribution >= 0.6 is 0 Å². The topological polar surface area (TPSA) is 49.8 Å². The molecular formula is C14H26N4. The van der Waals surface area contributed by atoms with Crippen LogP contribution in [-0.4, -0.2) is 22.1 Å². The predicted octanol–water partition coefficient (Wildman–Crippen LogP) is 3.60. The maximum Gasteiger partial charge on any atom is 0.132 e. The third-order valence-corrected chi connectivity index (χ3v) is 3.62. The Kier molecular flexibility index (Phi) is 5.38. The summed E-state index contributed by atoms with van der Waals surface area (Å²) in [5, 5.41) is 6.83. The lowest BCUT2D eigenvalue weighted by Crippen LogP contribution is -2.36. The van der Waals surface area contributed by atoms with Crippen LogP contribution in [0.2, 0.25) is 0 Å². The van der Waals surface area contributed by atoms with Crippen molar-refractivity contribution >= 4 is 11.6 Å². The summed E-state index contributed by atoms with van der Waals surface area (Å²) in [5.74, 6) is 2.61. The molecule has 0 bridgehead atoms. The molecule has 1 aromatic heterocycles. The fourth-order valence-corrected chi connectivity index (χ4v) is 2.19. The Bertz CT molecular complexity index is 364. The fraction of sp³-hybridized carbons (Fsp3) is 0.714. The molecule has 1 aromatic rings. The molecule has 0 spiro atoms.